The fourth-order valence-corrected chi connectivity index (χ4v) is 4.28. The van der Waals surface area contributed by atoms with Gasteiger partial charge in [-0.2, -0.15) is 0 Å². The van der Waals surface area contributed by atoms with Crippen molar-refractivity contribution >= 4 is 40.7 Å². The number of halogens is 1. The highest BCUT2D eigenvalue weighted by molar-refractivity contribution is 6.35. The van der Waals surface area contributed by atoms with E-state index < -0.39 is 0 Å². The van der Waals surface area contributed by atoms with Crippen LogP contribution in [0.1, 0.15) is 76.3 Å². The van der Waals surface area contributed by atoms with Crippen molar-refractivity contribution in [1.29, 1.82) is 0 Å². The van der Waals surface area contributed by atoms with E-state index in [1.807, 2.05) is 24.4 Å². The quantitative estimate of drug-likeness (QED) is 0.407. The Balaban J connectivity index is 0.000000431. The van der Waals surface area contributed by atoms with Gasteiger partial charge in [-0.15, -0.1) is 0 Å². The maximum Gasteiger partial charge on any atom is 0.128 e. The average Bonchev–Trinajstić information content (AvgIpc) is 3.45. The predicted octanol–water partition coefficient (Wildman–Crippen LogP) is 7.78. The van der Waals surface area contributed by atoms with Crippen LogP contribution in [0.25, 0.3) is 28.1 Å². The van der Waals surface area contributed by atoms with Crippen LogP contribution in [0.3, 0.4) is 0 Å². The lowest BCUT2D eigenvalue weighted by molar-refractivity contribution is -0.106. The largest absolute Gasteiger partial charge is 0.383 e. The number of unbranched alkanes of at least 4 members (excludes halogenated alkanes) is 1. The number of nitrogens with zero attached hydrogens (tertiary/aromatic N) is 1. The van der Waals surface area contributed by atoms with Gasteiger partial charge in [0.15, 0.2) is 0 Å². The standard InChI is InChI=1S/C20H20ClN3.C4H10.C2H4O/c1-2-12-8-5-9-14-15(10-23-19(12)14)16-11-24-20(22)17(18(16)21)13-6-3-4-7-13;1-3-4-2;1-2-3/h2,5,8-11,13,23H,1,3-4,6-7H2,(H2,22,24);3-4H2,1-2H3;2H,1H3. The zero-order valence-electron chi connectivity index (χ0n) is 18.9. The molecule has 0 saturated heterocycles. The van der Waals surface area contributed by atoms with Crippen molar-refractivity contribution in [2.75, 3.05) is 5.73 Å². The van der Waals surface area contributed by atoms with E-state index in [9.17, 15) is 0 Å². The van der Waals surface area contributed by atoms with Crippen LogP contribution < -0.4 is 5.73 Å². The number of aromatic nitrogens is 2. The lowest BCUT2D eigenvalue weighted by Crippen LogP contribution is -2.04. The zero-order chi connectivity index (χ0) is 22.8. The van der Waals surface area contributed by atoms with Gasteiger partial charge in [0.25, 0.3) is 0 Å². The summed E-state index contributed by atoms with van der Waals surface area (Å²) in [5.41, 5.74) is 11.3. The number of nitrogen functional groups attached to an aromatic ring is 1. The number of para-hydroxylation sites is 1. The number of nitrogens with two attached hydrogens (primary N) is 1. The minimum atomic E-state index is 0.430. The molecule has 1 aromatic carbocycles. The number of pyridine rings is 1. The van der Waals surface area contributed by atoms with E-state index in [-0.39, 0.29) is 0 Å². The topological polar surface area (TPSA) is 71.8 Å². The molecule has 0 spiro atoms. The highest BCUT2D eigenvalue weighted by Crippen LogP contribution is 2.44. The first-order valence-corrected chi connectivity index (χ1v) is 11.5. The summed E-state index contributed by atoms with van der Waals surface area (Å²) in [5, 5.41) is 1.87. The number of carbonyl (C=O) groups excluding carboxylic acids is 1. The molecule has 5 heteroatoms. The lowest BCUT2D eigenvalue weighted by atomic mass is 9.94. The van der Waals surface area contributed by atoms with Crippen LogP contribution in [0, 0.1) is 0 Å². The van der Waals surface area contributed by atoms with Crippen LogP contribution in [-0.4, -0.2) is 16.3 Å². The monoisotopic (exact) mass is 439 g/mol. The molecule has 1 aliphatic carbocycles. The fourth-order valence-electron chi connectivity index (χ4n) is 3.88. The first kappa shape index (κ1) is 24.7. The fraction of sp³-hybridized carbons (Fsp3) is 0.385. The van der Waals surface area contributed by atoms with E-state index in [0.29, 0.717) is 11.7 Å². The second-order valence-electron chi connectivity index (χ2n) is 7.68. The number of fused-ring (bicyclic) bond motifs is 1. The summed E-state index contributed by atoms with van der Waals surface area (Å²) in [6, 6.07) is 6.17. The third-order valence-corrected chi connectivity index (χ3v) is 6.01. The molecule has 2 aromatic heterocycles. The highest BCUT2D eigenvalue weighted by atomic mass is 35.5. The maximum absolute atomic E-state index is 8.81. The summed E-state index contributed by atoms with van der Waals surface area (Å²) >= 11 is 6.81. The maximum atomic E-state index is 8.81. The Hall–Kier alpha value is -2.59. The molecule has 4 nitrogen and oxygen atoms in total. The number of hydrogen-bond donors (Lipinski definition) is 2. The molecule has 2 heterocycles. The molecule has 1 aliphatic rings. The summed E-state index contributed by atoms with van der Waals surface area (Å²) in [7, 11) is 0. The molecule has 0 amide bonds. The van der Waals surface area contributed by atoms with Crippen LogP contribution in [0.5, 0.6) is 0 Å². The lowest BCUT2D eigenvalue weighted by Gasteiger charge is -2.16. The van der Waals surface area contributed by atoms with Gasteiger partial charge in [-0.1, -0.05) is 82.0 Å². The van der Waals surface area contributed by atoms with E-state index >= 15 is 0 Å². The summed E-state index contributed by atoms with van der Waals surface area (Å²) in [4.78, 5) is 16.6. The Kier molecular flexibility index (Phi) is 9.80. The molecule has 0 radical (unpaired) electrons. The SMILES string of the molecule is C=Cc1cccc2c(-c3cnc(N)c(C4CCCC4)c3Cl)c[nH]c12.CC=O.CCCC. The number of nitrogens with one attached hydrogen (secondary N) is 1. The molecule has 3 aromatic rings. The van der Waals surface area contributed by atoms with E-state index in [1.54, 1.807) is 6.20 Å². The molecular formula is C26H34ClN3O. The highest BCUT2D eigenvalue weighted by Gasteiger charge is 2.25. The summed E-state index contributed by atoms with van der Waals surface area (Å²) in [6.45, 7) is 9.69. The first-order chi connectivity index (χ1) is 15.0. The van der Waals surface area contributed by atoms with E-state index in [1.165, 1.54) is 32.6 Å². The van der Waals surface area contributed by atoms with Crippen molar-refractivity contribution in [1.82, 2.24) is 9.97 Å². The molecule has 1 saturated carbocycles. The number of benzene rings is 1. The number of anilines is 1. The van der Waals surface area contributed by atoms with E-state index in [4.69, 9.17) is 22.1 Å². The Morgan fingerprint density at radius 2 is 1.87 bits per heavy atom. The second kappa shape index (κ2) is 12.3. The third kappa shape index (κ3) is 5.76. The predicted molar refractivity (Wildman–Crippen MR) is 135 cm³/mol. The van der Waals surface area contributed by atoms with Crippen LogP contribution in [0.2, 0.25) is 5.02 Å². The van der Waals surface area contributed by atoms with Crippen molar-refractivity contribution in [3.05, 3.63) is 53.3 Å². The molecule has 166 valence electrons. The smallest absolute Gasteiger partial charge is 0.128 e. The van der Waals surface area contributed by atoms with Gasteiger partial charge in [-0.05, 0) is 31.2 Å². The Labute approximate surface area is 190 Å². The first-order valence-electron chi connectivity index (χ1n) is 11.1. The van der Waals surface area contributed by atoms with Crippen molar-refractivity contribution in [2.24, 2.45) is 0 Å². The molecule has 0 atom stereocenters. The van der Waals surface area contributed by atoms with Gasteiger partial charge in [0, 0.05) is 34.5 Å². The molecular weight excluding hydrogens is 406 g/mol. The van der Waals surface area contributed by atoms with Crippen LogP contribution in [-0.2, 0) is 4.79 Å². The molecule has 0 aliphatic heterocycles. The van der Waals surface area contributed by atoms with Crippen LogP contribution in [0.15, 0.2) is 37.2 Å². The number of H-pyrrole nitrogens is 1. The summed E-state index contributed by atoms with van der Waals surface area (Å²) in [5.74, 6) is 1.00. The third-order valence-electron chi connectivity index (χ3n) is 5.60. The molecule has 0 unspecified atom stereocenters. The Morgan fingerprint density at radius 3 is 2.45 bits per heavy atom. The van der Waals surface area contributed by atoms with Crippen LogP contribution in [0.4, 0.5) is 5.82 Å². The van der Waals surface area contributed by atoms with Crippen molar-refractivity contribution in [3.8, 4) is 11.1 Å². The Bertz CT molecular complexity index is 1000. The second-order valence-corrected chi connectivity index (χ2v) is 8.06. The summed E-state index contributed by atoms with van der Waals surface area (Å²) < 4.78 is 0. The van der Waals surface area contributed by atoms with Crippen molar-refractivity contribution in [3.63, 3.8) is 0 Å². The number of aromatic amines is 1. The zero-order valence-corrected chi connectivity index (χ0v) is 19.6. The number of rotatable bonds is 4. The van der Waals surface area contributed by atoms with Gasteiger partial charge in [-0.3, -0.25) is 0 Å². The van der Waals surface area contributed by atoms with Crippen molar-refractivity contribution < 1.29 is 4.79 Å². The molecule has 3 N–H and O–H groups in total. The minimum Gasteiger partial charge on any atom is -0.383 e. The minimum absolute atomic E-state index is 0.430. The normalized spacial score (nSPS) is 13.2. The van der Waals surface area contributed by atoms with Gasteiger partial charge < -0.3 is 15.5 Å². The molecule has 31 heavy (non-hydrogen) atoms. The van der Waals surface area contributed by atoms with Gasteiger partial charge in [0.2, 0.25) is 0 Å². The molecule has 4 rings (SSSR count). The number of aldehydes is 1. The van der Waals surface area contributed by atoms with E-state index in [0.717, 1.165) is 57.3 Å². The van der Waals surface area contributed by atoms with Crippen LogP contribution >= 0.6 is 11.6 Å². The molecule has 1 fully saturated rings. The summed E-state index contributed by atoms with van der Waals surface area (Å²) in [6.07, 6.45) is 13.8. The number of carbonyl (C=O) groups is 1. The van der Waals surface area contributed by atoms with Gasteiger partial charge in [0.05, 0.1) is 10.5 Å². The number of hydrogen-bond acceptors (Lipinski definition) is 3. The Morgan fingerprint density at radius 1 is 1.23 bits per heavy atom. The van der Waals surface area contributed by atoms with Gasteiger partial charge >= 0.3 is 0 Å². The van der Waals surface area contributed by atoms with E-state index in [2.05, 4.69) is 36.5 Å². The van der Waals surface area contributed by atoms with Gasteiger partial charge in [-0.25, -0.2) is 4.98 Å². The molecule has 0 bridgehead atoms. The van der Waals surface area contributed by atoms with Gasteiger partial charge in [0.1, 0.15) is 12.1 Å². The average molecular weight is 440 g/mol. The van der Waals surface area contributed by atoms with Crippen molar-refractivity contribution in [2.45, 2.75) is 65.2 Å².